The summed E-state index contributed by atoms with van der Waals surface area (Å²) in [5.41, 5.74) is 5.78. The van der Waals surface area contributed by atoms with Crippen LogP contribution in [0.25, 0.3) is 10.7 Å². The molecule has 0 saturated carbocycles. The number of nitrogen functional groups attached to an aromatic ring is 1. The molecule has 0 aliphatic carbocycles. The van der Waals surface area contributed by atoms with Crippen molar-refractivity contribution in [3.05, 3.63) is 36.4 Å². The summed E-state index contributed by atoms with van der Waals surface area (Å²) in [5, 5.41) is 4.12. The number of nitrogens with zero attached hydrogens (tertiary/aromatic N) is 4. The Labute approximate surface area is 104 Å². The van der Waals surface area contributed by atoms with Gasteiger partial charge in [-0.15, -0.1) is 11.8 Å². The van der Waals surface area contributed by atoms with Gasteiger partial charge in [0.15, 0.2) is 11.6 Å². The highest BCUT2D eigenvalue weighted by Gasteiger charge is 2.08. The molecular weight excluding hydrogens is 234 g/mol. The quantitative estimate of drug-likeness (QED) is 0.898. The van der Waals surface area contributed by atoms with Crippen molar-refractivity contribution in [2.75, 3.05) is 12.0 Å². The van der Waals surface area contributed by atoms with E-state index in [9.17, 15) is 0 Å². The summed E-state index contributed by atoms with van der Waals surface area (Å²) >= 11 is 1.59. The Morgan fingerprint density at radius 1 is 1.47 bits per heavy atom. The molecule has 2 heterocycles. The van der Waals surface area contributed by atoms with Crippen LogP contribution in [0.15, 0.2) is 30.6 Å². The first-order valence-corrected chi connectivity index (χ1v) is 6.32. The minimum absolute atomic E-state index is 0.439. The number of nitrogens with two attached hydrogens (primary N) is 1. The molecule has 0 atom stereocenters. The Kier molecular flexibility index (Phi) is 3.43. The minimum Gasteiger partial charge on any atom is -0.384 e. The zero-order valence-corrected chi connectivity index (χ0v) is 10.5. The standard InChI is InChI=1S/C11H13N5S/c1-3-8(17-2)11-14-9(12)7-10(15-11)16-6-4-5-13-16/h3-7H,1-2H3,(H2,12,14,15). The number of hydrogen-bond acceptors (Lipinski definition) is 5. The second kappa shape index (κ2) is 5.01. The van der Waals surface area contributed by atoms with Crippen LogP contribution in [-0.4, -0.2) is 26.0 Å². The Bertz CT molecular complexity index is 533. The van der Waals surface area contributed by atoms with Gasteiger partial charge in [0.1, 0.15) is 5.82 Å². The first kappa shape index (κ1) is 11.7. The Hall–Kier alpha value is -1.82. The molecule has 0 bridgehead atoms. The molecule has 0 saturated heterocycles. The molecule has 88 valence electrons. The molecule has 0 fully saturated rings. The molecule has 0 unspecified atom stereocenters. The monoisotopic (exact) mass is 247 g/mol. The summed E-state index contributed by atoms with van der Waals surface area (Å²) in [6, 6.07) is 3.53. The van der Waals surface area contributed by atoms with E-state index in [0.29, 0.717) is 17.5 Å². The van der Waals surface area contributed by atoms with Gasteiger partial charge in [-0.25, -0.2) is 14.6 Å². The fraction of sp³-hybridized carbons (Fsp3) is 0.182. The van der Waals surface area contributed by atoms with Gasteiger partial charge in [-0.2, -0.15) is 5.10 Å². The molecule has 17 heavy (non-hydrogen) atoms. The van der Waals surface area contributed by atoms with Gasteiger partial charge in [0.2, 0.25) is 0 Å². The van der Waals surface area contributed by atoms with E-state index in [0.717, 1.165) is 4.91 Å². The van der Waals surface area contributed by atoms with Gasteiger partial charge in [0, 0.05) is 23.4 Å². The highest BCUT2D eigenvalue weighted by Crippen LogP contribution is 2.23. The summed E-state index contributed by atoms with van der Waals surface area (Å²) in [6.07, 6.45) is 7.46. The van der Waals surface area contributed by atoms with Crippen molar-refractivity contribution < 1.29 is 0 Å². The summed E-state index contributed by atoms with van der Waals surface area (Å²) in [4.78, 5) is 9.65. The van der Waals surface area contributed by atoms with Crippen LogP contribution in [0.4, 0.5) is 5.82 Å². The molecule has 6 heteroatoms. The molecule has 0 aliphatic heterocycles. The Balaban J connectivity index is 2.50. The third-order valence-electron chi connectivity index (χ3n) is 2.17. The normalized spacial score (nSPS) is 11.8. The van der Waals surface area contributed by atoms with Gasteiger partial charge in [-0.05, 0) is 19.2 Å². The Morgan fingerprint density at radius 3 is 2.88 bits per heavy atom. The van der Waals surface area contributed by atoms with Crippen LogP contribution >= 0.6 is 11.8 Å². The minimum atomic E-state index is 0.439. The third-order valence-corrected chi connectivity index (χ3v) is 3.03. The lowest BCUT2D eigenvalue weighted by atomic mass is 10.4. The zero-order chi connectivity index (χ0) is 12.3. The maximum Gasteiger partial charge on any atom is 0.169 e. The van der Waals surface area contributed by atoms with Crippen LogP contribution in [0.2, 0.25) is 0 Å². The lowest BCUT2D eigenvalue weighted by Gasteiger charge is -2.06. The second-order valence-electron chi connectivity index (χ2n) is 3.28. The van der Waals surface area contributed by atoms with E-state index in [1.807, 2.05) is 31.5 Å². The predicted octanol–water partition coefficient (Wildman–Crippen LogP) is 1.97. The third kappa shape index (κ3) is 2.47. The van der Waals surface area contributed by atoms with E-state index in [2.05, 4.69) is 15.1 Å². The molecular formula is C11H13N5S. The van der Waals surface area contributed by atoms with Gasteiger partial charge in [-0.3, -0.25) is 0 Å². The molecule has 2 aromatic heterocycles. The van der Waals surface area contributed by atoms with Crippen molar-refractivity contribution in [2.45, 2.75) is 6.92 Å². The van der Waals surface area contributed by atoms with Crippen molar-refractivity contribution in [2.24, 2.45) is 0 Å². The average Bonchev–Trinajstić information content (AvgIpc) is 2.83. The number of hydrogen-bond donors (Lipinski definition) is 1. The van der Waals surface area contributed by atoms with Gasteiger partial charge in [-0.1, -0.05) is 6.08 Å². The van der Waals surface area contributed by atoms with Gasteiger partial charge in [0.05, 0.1) is 0 Å². The molecule has 2 rings (SSSR count). The number of anilines is 1. The second-order valence-corrected chi connectivity index (χ2v) is 4.13. The number of allylic oxidation sites excluding steroid dienone is 1. The van der Waals surface area contributed by atoms with E-state index in [4.69, 9.17) is 5.73 Å². The van der Waals surface area contributed by atoms with Crippen molar-refractivity contribution in [3.8, 4) is 5.82 Å². The van der Waals surface area contributed by atoms with E-state index in [1.54, 1.807) is 28.7 Å². The number of rotatable bonds is 3. The van der Waals surface area contributed by atoms with Crippen molar-refractivity contribution >= 4 is 22.5 Å². The molecule has 5 nitrogen and oxygen atoms in total. The van der Waals surface area contributed by atoms with Crippen molar-refractivity contribution in [1.29, 1.82) is 0 Å². The van der Waals surface area contributed by atoms with Gasteiger partial charge in [0.25, 0.3) is 0 Å². The van der Waals surface area contributed by atoms with Gasteiger partial charge >= 0.3 is 0 Å². The topological polar surface area (TPSA) is 69.6 Å². The van der Waals surface area contributed by atoms with Crippen molar-refractivity contribution in [1.82, 2.24) is 19.7 Å². The average molecular weight is 247 g/mol. The Morgan fingerprint density at radius 2 is 2.29 bits per heavy atom. The molecule has 0 amide bonds. The molecule has 0 spiro atoms. The van der Waals surface area contributed by atoms with E-state index >= 15 is 0 Å². The maximum absolute atomic E-state index is 5.78. The van der Waals surface area contributed by atoms with Gasteiger partial charge < -0.3 is 5.73 Å². The van der Waals surface area contributed by atoms with E-state index in [1.165, 1.54) is 0 Å². The van der Waals surface area contributed by atoms with Crippen LogP contribution in [-0.2, 0) is 0 Å². The molecule has 2 N–H and O–H groups in total. The first-order chi connectivity index (χ1) is 8.24. The van der Waals surface area contributed by atoms with E-state index in [-0.39, 0.29) is 0 Å². The SMILES string of the molecule is CC=C(SC)c1nc(N)cc(-n2cccn2)n1. The van der Waals surface area contributed by atoms with Crippen LogP contribution in [0, 0.1) is 0 Å². The molecule has 2 aromatic rings. The number of thioether (sulfide) groups is 1. The van der Waals surface area contributed by atoms with Crippen LogP contribution < -0.4 is 5.73 Å². The van der Waals surface area contributed by atoms with Crippen LogP contribution in [0.1, 0.15) is 12.7 Å². The molecule has 0 aromatic carbocycles. The summed E-state index contributed by atoms with van der Waals surface area (Å²) in [6.45, 7) is 1.95. The highest BCUT2D eigenvalue weighted by molar-refractivity contribution is 8.07. The number of aromatic nitrogens is 4. The molecule has 0 radical (unpaired) electrons. The van der Waals surface area contributed by atoms with Crippen LogP contribution in [0.3, 0.4) is 0 Å². The fourth-order valence-corrected chi connectivity index (χ4v) is 1.93. The smallest absolute Gasteiger partial charge is 0.169 e. The molecule has 0 aliphatic rings. The fourth-order valence-electron chi connectivity index (χ4n) is 1.42. The summed E-state index contributed by atoms with van der Waals surface area (Å²) in [5.74, 6) is 1.74. The van der Waals surface area contributed by atoms with Crippen LogP contribution in [0.5, 0.6) is 0 Å². The zero-order valence-electron chi connectivity index (χ0n) is 9.66. The first-order valence-electron chi connectivity index (χ1n) is 5.10. The summed E-state index contributed by atoms with van der Waals surface area (Å²) < 4.78 is 1.66. The lowest BCUT2D eigenvalue weighted by Crippen LogP contribution is -2.05. The predicted molar refractivity (Wildman–Crippen MR) is 70.7 cm³/mol. The van der Waals surface area contributed by atoms with Crippen molar-refractivity contribution in [3.63, 3.8) is 0 Å². The lowest BCUT2D eigenvalue weighted by molar-refractivity contribution is 0.838. The largest absolute Gasteiger partial charge is 0.384 e. The maximum atomic E-state index is 5.78. The van der Waals surface area contributed by atoms with E-state index < -0.39 is 0 Å². The summed E-state index contributed by atoms with van der Waals surface area (Å²) in [7, 11) is 0. The highest BCUT2D eigenvalue weighted by atomic mass is 32.2.